The zero-order valence-corrected chi connectivity index (χ0v) is 15.3. The number of aromatic amines is 1. The van der Waals surface area contributed by atoms with Gasteiger partial charge in [0, 0.05) is 37.0 Å². The minimum Gasteiger partial charge on any atom is -0.480 e. The summed E-state index contributed by atoms with van der Waals surface area (Å²) < 4.78 is 5.99. The van der Waals surface area contributed by atoms with E-state index in [1.807, 2.05) is 25.1 Å². The number of likely N-dealkylation sites (N-methyl/N-ethyl adjacent to an activating group) is 1. The third-order valence-electron chi connectivity index (χ3n) is 5.57. The number of aromatic nitrogens is 3. The molecule has 1 unspecified atom stereocenters. The zero-order valence-electron chi connectivity index (χ0n) is 15.3. The fourth-order valence-corrected chi connectivity index (χ4v) is 4.17. The number of amides is 2. The lowest BCUT2D eigenvalue weighted by Gasteiger charge is -2.46. The van der Waals surface area contributed by atoms with Crippen LogP contribution in [0.15, 0.2) is 30.6 Å². The molecule has 1 aromatic heterocycles. The Bertz CT molecular complexity index is 828. The fraction of sp³-hybridized carbons (Fsp3) is 0.474. The quantitative estimate of drug-likeness (QED) is 0.849. The summed E-state index contributed by atoms with van der Waals surface area (Å²) in [6.45, 7) is 3.69. The van der Waals surface area contributed by atoms with Gasteiger partial charge in [-0.1, -0.05) is 18.2 Å². The molecule has 27 heavy (non-hydrogen) atoms. The molecule has 2 amide bonds. The molecule has 1 spiro atoms. The van der Waals surface area contributed by atoms with Crippen molar-refractivity contribution in [1.29, 1.82) is 0 Å². The average Bonchev–Trinajstić information content (AvgIpc) is 3.23. The van der Waals surface area contributed by atoms with Gasteiger partial charge in [-0.05, 0) is 25.8 Å². The van der Waals surface area contributed by atoms with E-state index in [4.69, 9.17) is 4.74 Å². The molecule has 2 aliphatic heterocycles. The zero-order chi connectivity index (χ0) is 18.9. The van der Waals surface area contributed by atoms with Crippen molar-refractivity contribution < 1.29 is 14.3 Å². The van der Waals surface area contributed by atoms with Gasteiger partial charge in [0.1, 0.15) is 12.1 Å². The van der Waals surface area contributed by atoms with Crippen LogP contribution >= 0.6 is 0 Å². The van der Waals surface area contributed by atoms with Gasteiger partial charge in [0.25, 0.3) is 11.8 Å². The van der Waals surface area contributed by atoms with Crippen LogP contribution in [0.25, 0.3) is 0 Å². The van der Waals surface area contributed by atoms with Crippen molar-refractivity contribution in [3.8, 4) is 5.75 Å². The Labute approximate surface area is 157 Å². The van der Waals surface area contributed by atoms with Gasteiger partial charge in [-0.3, -0.25) is 14.7 Å². The van der Waals surface area contributed by atoms with Crippen LogP contribution in [0.3, 0.4) is 0 Å². The van der Waals surface area contributed by atoms with Crippen LogP contribution in [0, 0.1) is 0 Å². The summed E-state index contributed by atoms with van der Waals surface area (Å²) in [5, 5.41) is 9.25. The van der Waals surface area contributed by atoms with Crippen molar-refractivity contribution in [2.24, 2.45) is 0 Å². The van der Waals surface area contributed by atoms with E-state index in [1.54, 1.807) is 4.90 Å². The van der Waals surface area contributed by atoms with E-state index >= 15 is 0 Å². The van der Waals surface area contributed by atoms with Crippen LogP contribution in [0.5, 0.6) is 5.75 Å². The topological polar surface area (TPSA) is 100 Å². The van der Waals surface area contributed by atoms with Gasteiger partial charge in [-0.2, -0.15) is 5.10 Å². The number of hydrogen-bond acceptors (Lipinski definition) is 5. The Morgan fingerprint density at radius 2 is 2.11 bits per heavy atom. The molecule has 1 fully saturated rings. The monoisotopic (exact) mass is 369 g/mol. The van der Waals surface area contributed by atoms with Crippen molar-refractivity contribution in [2.75, 3.05) is 19.6 Å². The predicted octanol–water partition coefficient (Wildman–Crippen LogP) is 1.27. The number of ether oxygens (including phenoxy) is 1. The van der Waals surface area contributed by atoms with Crippen LogP contribution in [0.4, 0.5) is 0 Å². The van der Waals surface area contributed by atoms with Gasteiger partial charge in [0.05, 0.1) is 0 Å². The van der Waals surface area contributed by atoms with Gasteiger partial charge in [-0.25, -0.2) is 4.98 Å². The summed E-state index contributed by atoms with van der Waals surface area (Å²) in [5.74, 6) is 0.822. The summed E-state index contributed by atoms with van der Waals surface area (Å²) in [5.41, 5.74) is 0.972. The second kappa shape index (κ2) is 7.02. The summed E-state index contributed by atoms with van der Waals surface area (Å²) in [6, 6.07) is 7.93. The highest BCUT2D eigenvalue weighted by Gasteiger charge is 2.46. The first-order chi connectivity index (χ1) is 13.1. The number of carbonyl (C=O) groups is 2. The normalized spacial score (nSPS) is 20.6. The Balaban J connectivity index is 1.56. The third kappa shape index (κ3) is 3.15. The molecule has 2 aliphatic rings. The van der Waals surface area contributed by atoms with E-state index < -0.39 is 6.10 Å². The SMILES string of the molecule is CCNC(=O)C1CC2(CCN(C(=O)c3ncn[nH]3)CC2)c2ccccc2O1. The molecule has 8 nitrogen and oxygen atoms in total. The van der Waals surface area contributed by atoms with E-state index in [0.29, 0.717) is 26.1 Å². The van der Waals surface area contributed by atoms with E-state index in [9.17, 15) is 9.59 Å². The summed E-state index contributed by atoms with van der Waals surface area (Å²) in [6.07, 6.45) is 3.02. The van der Waals surface area contributed by atoms with Gasteiger partial charge < -0.3 is 15.0 Å². The summed E-state index contributed by atoms with van der Waals surface area (Å²) in [4.78, 5) is 30.7. The Morgan fingerprint density at radius 1 is 1.33 bits per heavy atom. The molecule has 0 aliphatic carbocycles. The number of carbonyl (C=O) groups excluding carboxylic acids is 2. The van der Waals surface area contributed by atoms with Crippen molar-refractivity contribution in [3.05, 3.63) is 42.0 Å². The van der Waals surface area contributed by atoms with Crippen molar-refractivity contribution in [2.45, 2.75) is 37.7 Å². The maximum atomic E-state index is 12.5. The first kappa shape index (κ1) is 17.5. The number of benzene rings is 1. The van der Waals surface area contributed by atoms with E-state index in [0.717, 1.165) is 24.2 Å². The van der Waals surface area contributed by atoms with Gasteiger partial charge in [0.15, 0.2) is 6.10 Å². The molecule has 142 valence electrons. The molecule has 2 aromatic rings. The molecule has 1 atom stereocenters. The molecule has 1 saturated heterocycles. The van der Waals surface area contributed by atoms with Crippen LogP contribution in [0.1, 0.15) is 42.4 Å². The summed E-state index contributed by atoms with van der Waals surface area (Å²) in [7, 11) is 0. The second-order valence-electron chi connectivity index (χ2n) is 7.11. The Morgan fingerprint density at radius 3 is 2.81 bits per heavy atom. The van der Waals surface area contributed by atoms with Gasteiger partial charge in [-0.15, -0.1) is 0 Å². The molecule has 4 rings (SSSR count). The van der Waals surface area contributed by atoms with E-state index in [2.05, 4.69) is 26.6 Å². The standard InChI is InChI=1S/C19H23N5O3/c1-2-20-17(25)15-11-19(13-5-3-4-6-14(13)27-15)7-9-24(10-8-19)18(26)16-21-12-22-23-16/h3-6,12,15H,2,7-11H2,1H3,(H,20,25)(H,21,22,23). The predicted molar refractivity (Wildman–Crippen MR) is 97.4 cm³/mol. The van der Waals surface area contributed by atoms with Crippen molar-refractivity contribution in [3.63, 3.8) is 0 Å². The minimum absolute atomic E-state index is 0.0773. The molecule has 3 heterocycles. The molecular weight excluding hydrogens is 346 g/mol. The fourth-order valence-electron chi connectivity index (χ4n) is 4.17. The van der Waals surface area contributed by atoms with Crippen molar-refractivity contribution in [1.82, 2.24) is 25.4 Å². The molecule has 0 radical (unpaired) electrons. The number of likely N-dealkylation sites (tertiary alicyclic amines) is 1. The van der Waals surface area contributed by atoms with Crippen LogP contribution in [0.2, 0.25) is 0 Å². The first-order valence-electron chi connectivity index (χ1n) is 9.31. The molecule has 0 saturated carbocycles. The maximum Gasteiger partial charge on any atom is 0.291 e. The second-order valence-corrected chi connectivity index (χ2v) is 7.11. The number of nitrogens with one attached hydrogen (secondary N) is 2. The van der Waals surface area contributed by atoms with E-state index in [1.165, 1.54) is 6.33 Å². The molecule has 0 bridgehead atoms. The van der Waals surface area contributed by atoms with Crippen LogP contribution in [-0.2, 0) is 10.2 Å². The number of piperidine rings is 1. The van der Waals surface area contributed by atoms with E-state index in [-0.39, 0.29) is 23.1 Å². The number of hydrogen-bond donors (Lipinski definition) is 2. The average molecular weight is 369 g/mol. The summed E-state index contributed by atoms with van der Waals surface area (Å²) >= 11 is 0. The first-order valence-corrected chi connectivity index (χ1v) is 9.31. The van der Waals surface area contributed by atoms with Crippen molar-refractivity contribution >= 4 is 11.8 Å². The highest BCUT2D eigenvalue weighted by Crippen LogP contribution is 2.47. The Hall–Kier alpha value is -2.90. The lowest BCUT2D eigenvalue weighted by molar-refractivity contribution is -0.130. The Kier molecular flexibility index (Phi) is 4.55. The highest BCUT2D eigenvalue weighted by molar-refractivity contribution is 5.90. The number of fused-ring (bicyclic) bond motifs is 2. The van der Waals surface area contributed by atoms with Gasteiger partial charge >= 0.3 is 0 Å². The number of H-pyrrole nitrogens is 1. The molecule has 8 heteroatoms. The number of nitrogens with zero attached hydrogens (tertiary/aromatic N) is 3. The molecular formula is C19H23N5O3. The van der Waals surface area contributed by atoms with Crippen LogP contribution < -0.4 is 10.1 Å². The number of para-hydroxylation sites is 1. The smallest absolute Gasteiger partial charge is 0.291 e. The van der Waals surface area contributed by atoms with Gasteiger partial charge in [0.2, 0.25) is 5.82 Å². The van der Waals surface area contributed by atoms with Crippen LogP contribution in [-0.4, -0.2) is 57.6 Å². The largest absolute Gasteiger partial charge is 0.480 e. The number of rotatable bonds is 3. The molecule has 2 N–H and O–H groups in total. The lowest BCUT2D eigenvalue weighted by atomic mass is 9.67. The maximum absolute atomic E-state index is 12.5. The highest BCUT2D eigenvalue weighted by atomic mass is 16.5. The third-order valence-corrected chi connectivity index (χ3v) is 5.57. The lowest BCUT2D eigenvalue weighted by Crippen LogP contribution is -2.52. The minimum atomic E-state index is -0.503. The molecule has 1 aromatic carbocycles.